The minimum absolute atomic E-state index is 0.0765. The molecule has 0 amide bonds. The molecule has 19 nitrogen and oxygen atoms in total. The first-order valence-corrected chi connectivity index (χ1v) is 23.8. The van der Waals surface area contributed by atoms with Gasteiger partial charge in [-0.15, -0.1) is 0 Å². The molecular weight excluding hydrogens is 865 g/mol. The van der Waals surface area contributed by atoms with E-state index in [0.717, 1.165) is 25.7 Å². The number of aliphatic hydroxyl groups excluding tert-OH is 3. The molecule has 0 aliphatic heterocycles. The average Bonchev–Trinajstić information content (AvgIpc) is 3.18. The Morgan fingerprint density at radius 1 is 0.557 bits per heavy atom. The van der Waals surface area contributed by atoms with Gasteiger partial charge in [-0.05, 0) is 72.5 Å². The van der Waals surface area contributed by atoms with Gasteiger partial charge in [-0.3, -0.25) is 22.9 Å². The first-order chi connectivity index (χ1) is 28.8. The Hall–Kier alpha value is -3.49. The molecule has 1 fully saturated rings. The number of unbranched alkanes of at least 4 members (excludes halogenated alkanes) is 12. The van der Waals surface area contributed by atoms with E-state index in [1.165, 1.54) is 44.9 Å². The number of ether oxygens (including phenoxy) is 2. The van der Waals surface area contributed by atoms with Gasteiger partial charge in [0.2, 0.25) is 0 Å². The van der Waals surface area contributed by atoms with E-state index in [2.05, 4.69) is 81.1 Å². The van der Waals surface area contributed by atoms with E-state index in [9.17, 15) is 63.1 Å². The van der Waals surface area contributed by atoms with E-state index >= 15 is 0 Å². The van der Waals surface area contributed by atoms with E-state index in [0.29, 0.717) is 12.8 Å². The Balaban J connectivity index is 2.95. The minimum atomic E-state index is -5.63. The van der Waals surface area contributed by atoms with Crippen molar-refractivity contribution in [2.45, 2.75) is 146 Å². The summed E-state index contributed by atoms with van der Waals surface area (Å²) in [6, 6.07) is 0. The van der Waals surface area contributed by atoms with Gasteiger partial charge in [0.05, 0.1) is 6.61 Å². The number of hydrogen-bond acceptors (Lipinski definition) is 14. The largest absolute Gasteiger partial charge is 0.472 e. The summed E-state index contributed by atoms with van der Waals surface area (Å²) in [5.74, 6) is 26.3. The van der Waals surface area contributed by atoms with Crippen LogP contribution in [0.15, 0.2) is 0 Å². The van der Waals surface area contributed by atoms with E-state index in [4.69, 9.17) is 18.5 Å². The maximum Gasteiger partial charge on any atom is 0.472 e. The van der Waals surface area contributed by atoms with Crippen molar-refractivity contribution in [2.24, 2.45) is 0 Å². The van der Waals surface area contributed by atoms with Gasteiger partial charge in [-0.2, -0.15) is 0 Å². The van der Waals surface area contributed by atoms with Gasteiger partial charge < -0.3 is 49.3 Å². The van der Waals surface area contributed by atoms with Gasteiger partial charge >= 0.3 is 35.4 Å². The monoisotopic (exact) mass is 918 g/mol. The van der Waals surface area contributed by atoms with E-state index < -0.39 is 91.3 Å². The first kappa shape index (κ1) is 55.5. The highest BCUT2D eigenvalue weighted by atomic mass is 31.2. The zero-order valence-electron chi connectivity index (χ0n) is 33.8. The van der Waals surface area contributed by atoms with Crippen LogP contribution in [0.4, 0.5) is 0 Å². The van der Waals surface area contributed by atoms with Crippen molar-refractivity contribution in [3.05, 3.63) is 0 Å². The Morgan fingerprint density at radius 2 is 0.984 bits per heavy atom. The second-order valence-electron chi connectivity index (χ2n) is 13.3. The highest BCUT2D eigenvalue weighted by Crippen LogP contribution is 2.51. The zero-order valence-corrected chi connectivity index (χ0v) is 36.4. The van der Waals surface area contributed by atoms with Crippen LogP contribution in [0.3, 0.4) is 0 Å². The standard InChI is InChI=1S/C39H53O19P3/c1-3-5-7-9-11-13-15-16-18-20-22-24-26-28-33(41)55-31(29-53-32(40)27-25-23-21-19-17-14-12-10-8-6-4-2)30-54-61(51,52)58-37-34(42)35(43)38(56-59(45,46)47)39(36(37)44)57-60(48,49)50/h31,34-39,42-44H,3,5,7,9,11,13,15-16,18,20,22,24,26,28-30H2,1-2H3,(H,51,52)(H2,45,46,47)(H2,48,49,50)/t31-,34+,35?,36?,37?,38+,39+/m1/s1. The van der Waals surface area contributed by atoms with Crippen LogP contribution < -0.4 is 0 Å². The predicted molar refractivity (Wildman–Crippen MR) is 216 cm³/mol. The maximum absolute atomic E-state index is 13.0. The van der Waals surface area contributed by atoms with Crippen molar-refractivity contribution in [1.82, 2.24) is 0 Å². The van der Waals surface area contributed by atoms with Crippen molar-refractivity contribution >= 4 is 35.4 Å². The van der Waals surface area contributed by atoms with Crippen LogP contribution in [-0.2, 0) is 50.9 Å². The Kier molecular flexibility index (Phi) is 27.8. The topological polar surface area (TPSA) is 303 Å². The summed E-state index contributed by atoms with van der Waals surface area (Å²) >= 11 is 0. The summed E-state index contributed by atoms with van der Waals surface area (Å²) in [5.41, 5.74) is 0. The summed E-state index contributed by atoms with van der Waals surface area (Å²) in [5, 5.41) is 31.7. The lowest BCUT2D eigenvalue weighted by molar-refractivity contribution is -0.213. The third-order valence-corrected chi connectivity index (χ3v) is 10.3. The van der Waals surface area contributed by atoms with Gasteiger partial charge in [0.15, 0.2) is 6.10 Å². The molecule has 0 aromatic heterocycles. The first-order valence-electron chi connectivity index (χ1n) is 19.3. The number of aliphatic hydroxyl groups is 3. The van der Waals surface area contributed by atoms with Crippen LogP contribution >= 0.6 is 23.5 Å². The molecule has 1 rings (SSSR count). The number of hydrogen-bond donors (Lipinski definition) is 8. The lowest BCUT2D eigenvalue weighted by Crippen LogP contribution is -2.65. The molecular formula is C39H53O19P3. The molecule has 8 N–H and O–H groups in total. The van der Waals surface area contributed by atoms with Crippen molar-refractivity contribution in [2.75, 3.05) is 13.2 Å². The number of rotatable bonds is 26. The third-order valence-electron chi connectivity index (χ3n) is 8.25. The fourth-order valence-corrected chi connectivity index (χ4v) is 7.56. The molecule has 0 radical (unpaired) electrons. The minimum Gasteiger partial charge on any atom is -0.456 e. The zero-order chi connectivity index (χ0) is 45.7. The van der Waals surface area contributed by atoms with E-state index in [1.54, 1.807) is 6.92 Å². The highest BCUT2D eigenvalue weighted by Gasteiger charge is 2.56. The molecule has 0 spiro atoms. The summed E-state index contributed by atoms with van der Waals surface area (Å²) in [6.07, 6.45) is -2.99. The Bertz CT molecular complexity index is 1930. The highest BCUT2D eigenvalue weighted by molar-refractivity contribution is 7.47. The van der Waals surface area contributed by atoms with E-state index in [-0.39, 0.29) is 6.42 Å². The molecule has 8 atom stereocenters. The van der Waals surface area contributed by atoms with Gasteiger partial charge in [0.1, 0.15) is 43.2 Å². The molecule has 0 aromatic rings. The smallest absolute Gasteiger partial charge is 0.456 e. The van der Waals surface area contributed by atoms with Crippen LogP contribution in [0.25, 0.3) is 0 Å². The van der Waals surface area contributed by atoms with Crippen LogP contribution in [0.2, 0.25) is 0 Å². The second-order valence-corrected chi connectivity index (χ2v) is 17.0. The number of carbonyl (C=O) groups excluding carboxylic acids is 2. The SMILES string of the molecule is CC#CC#CC#CC#CC#CC#CC(=O)OC[C@H](COP(=O)(O)OC1C(O)[C@H](OP(=O)(O)O)[C@@H](OP(=O)(O)O)C(O)[C@@H]1O)OC(=O)CCCCCCCCCCCCCCC. The van der Waals surface area contributed by atoms with Crippen LogP contribution in [0.1, 0.15) is 104 Å². The van der Waals surface area contributed by atoms with E-state index in [1.807, 2.05) is 5.92 Å². The molecule has 1 aliphatic rings. The Labute approximate surface area is 356 Å². The van der Waals surface area contributed by atoms with Gasteiger partial charge in [0, 0.05) is 12.3 Å². The quantitative estimate of drug-likeness (QED) is 0.0203. The number of carbonyl (C=O) groups is 2. The lowest BCUT2D eigenvalue weighted by Gasteiger charge is -2.44. The molecule has 0 saturated heterocycles. The summed E-state index contributed by atoms with van der Waals surface area (Å²) in [6.45, 7) is 1.99. The summed E-state index contributed by atoms with van der Waals surface area (Å²) in [7, 11) is -16.7. The molecule has 0 heterocycles. The molecule has 1 aliphatic carbocycles. The predicted octanol–water partition coefficient (Wildman–Crippen LogP) is 2.52. The van der Waals surface area contributed by atoms with Crippen LogP contribution in [0.5, 0.6) is 0 Å². The molecule has 61 heavy (non-hydrogen) atoms. The second kappa shape index (κ2) is 30.5. The fraction of sp³-hybridized carbons (Fsp3) is 0.641. The molecule has 338 valence electrons. The van der Waals surface area contributed by atoms with Crippen molar-refractivity contribution in [1.29, 1.82) is 0 Å². The third kappa shape index (κ3) is 27.2. The number of phosphoric acid groups is 3. The molecule has 22 heteroatoms. The number of phosphoric ester groups is 3. The number of esters is 2. The van der Waals surface area contributed by atoms with Crippen molar-refractivity contribution in [3.8, 4) is 71.0 Å². The molecule has 1 saturated carbocycles. The molecule has 0 aromatic carbocycles. The van der Waals surface area contributed by atoms with Gasteiger partial charge in [-0.1, -0.05) is 89.9 Å². The van der Waals surface area contributed by atoms with Crippen molar-refractivity contribution in [3.63, 3.8) is 0 Å². The average molecular weight is 919 g/mol. The summed E-state index contributed by atoms with van der Waals surface area (Å²) < 4.78 is 64.5. The molecule has 0 bridgehead atoms. The summed E-state index contributed by atoms with van der Waals surface area (Å²) in [4.78, 5) is 72.3. The lowest BCUT2D eigenvalue weighted by atomic mass is 9.85. The van der Waals surface area contributed by atoms with Crippen LogP contribution in [-0.4, -0.2) is 108 Å². The normalized spacial score (nSPS) is 20.9. The Morgan fingerprint density at radius 3 is 1.46 bits per heavy atom. The van der Waals surface area contributed by atoms with Gasteiger partial charge in [0.25, 0.3) is 0 Å². The maximum atomic E-state index is 13.0. The fourth-order valence-electron chi connectivity index (χ4n) is 5.46. The van der Waals surface area contributed by atoms with Gasteiger partial charge in [-0.25, -0.2) is 18.5 Å². The van der Waals surface area contributed by atoms with Crippen molar-refractivity contribution < 1.29 is 90.6 Å². The van der Waals surface area contributed by atoms with Crippen LogP contribution in [0, 0.1) is 71.0 Å². The molecule has 4 unspecified atom stereocenters.